The van der Waals surface area contributed by atoms with Crippen LogP contribution in [0.3, 0.4) is 0 Å². The molecular formula is C24H27N5O4. The van der Waals surface area contributed by atoms with E-state index in [0.29, 0.717) is 36.2 Å². The topological polar surface area (TPSA) is 129 Å². The SMILES string of the molecule is CCNC(=O)c1nnc(-c2cc(C(C)C)c(O)cc2O)n1-c1ccc2c(c1)CCCC(=O)N2. The summed E-state index contributed by atoms with van der Waals surface area (Å²) in [5.41, 5.74) is 3.30. The van der Waals surface area contributed by atoms with Crippen LogP contribution in [0, 0.1) is 0 Å². The van der Waals surface area contributed by atoms with Crippen LogP contribution in [-0.2, 0) is 11.2 Å². The molecule has 33 heavy (non-hydrogen) atoms. The van der Waals surface area contributed by atoms with Gasteiger partial charge in [0.1, 0.15) is 11.5 Å². The number of hydrogen-bond acceptors (Lipinski definition) is 6. The molecule has 0 saturated heterocycles. The first-order valence-corrected chi connectivity index (χ1v) is 11.0. The number of benzene rings is 2. The molecule has 172 valence electrons. The predicted octanol–water partition coefficient (Wildman–Crippen LogP) is 3.49. The molecule has 0 saturated carbocycles. The van der Waals surface area contributed by atoms with Crippen molar-refractivity contribution >= 4 is 17.5 Å². The number of fused-ring (bicyclic) bond motifs is 1. The van der Waals surface area contributed by atoms with Crippen LogP contribution in [0.5, 0.6) is 11.5 Å². The fourth-order valence-corrected chi connectivity index (χ4v) is 4.03. The largest absolute Gasteiger partial charge is 0.508 e. The van der Waals surface area contributed by atoms with E-state index >= 15 is 0 Å². The molecule has 9 heteroatoms. The Morgan fingerprint density at radius 3 is 2.67 bits per heavy atom. The highest BCUT2D eigenvalue weighted by Gasteiger charge is 2.25. The van der Waals surface area contributed by atoms with E-state index < -0.39 is 5.91 Å². The van der Waals surface area contributed by atoms with Gasteiger partial charge >= 0.3 is 0 Å². The van der Waals surface area contributed by atoms with Gasteiger partial charge in [-0.1, -0.05) is 13.8 Å². The van der Waals surface area contributed by atoms with Gasteiger partial charge in [0.25, 0.3) is 5.91 Å². The molecule has 0 fully saturated rings. The Balaban J connectivity index is 1.92. The maximum atomic E-state index is 12.8. The highest BCUT2D eigenvalue weighted by Crippen LogP contribution is 2.38. The number of aromatic hydroxyl groups is 2. The van der Waals surface area contributed by atoms with Crippen LogP contribution in [0.25, 0.3) is 17.1 Å². The molecule has 1 aliphatic heterocycles. The van der Waals surface area contributed by atoms with Gasteiger partial charge in [0.2, 0.25) is 11.7 Å². The highest BCUT2D eigenvalue weighted by atomic mass is 16.3. The molecule has 2 aromatic carbocycles. The molecule has 0 aliphatic carbocycles. The molecule has 0 atom stereocenters. The molecule has 2 heterocycles. The number of phenolic OH excluding ortho intramolecular Hbond substituents is 2. The Morgan fingerprint density at radius 2 is 1.94 bits per heavy atom. The van der Waals surface area contributed by atoms with E-state index in [1.165, 1.54) is 6.07 Å². The van der Waals surface area contributed by atoms with Gasteiger partial charge < -0.3 is 20.8 Å². The number of aromatic nitrogens is 3. The Hall–Kier alpha value is -3.88. The van der Waals surface area contributed by atoms with Crippen LogP contribution < -0.4 is 10.6 Å². The molecule has 0 spiro atoms. The van der Waals surface area contributed by atoms with Gasteiger partial charge in [-0.2, -0.15) is 0 Å². The highest BCUT2D eigenvalue weighted by molar-refractivity contribution is 5.93. The van der Waals surface area contributed by atoms with Crippen molar-refractivity contribution in [3.05, 3.63) is 47.3 Å². The van der Waals surface area contributed by atoms with Crippen molar-refractivity contribution in [1.82, 2.24) is 20.1 Å². The quantitative estimate of drug-likeness (QED) is 0.472. The number of phenols is 2. The van der Waals surface area contributed by atoms with E-state index in [4.69, 9.17) is 0 Å². The lowest BCUT2D eigenvalue weighted by Crippen LogP contribution is -2.26. The third kappa shape index (κ3) is 4.26. The number of nitrogens with one attached hydrogen (secondary N) is 2. The maximum absolute atomic E-state index is 12.8. The lowest BCUT2D eigenvalue weighted by Gasteiger charge is -2.16. The summed E-state index contributed by atoms with van der Waals surface area (Å²) in [4.78, 5) is 24.7. The minimum absolute atomic E-state index is 0.000289. The van der Waals surface area contributed by atoms with E-state index in [1.807, 2.05) is 26.8 Å². The minimum atomic E-state index is -0.401. The first-order chi connectivity index (χ1) is 15.8. The third-order valence-corrected chi connectivity index (χ3v) is 5.68. The van der Waals surface area contributed by atoms with Crippen LogP contribution in [0.2, 0.25) is 0 Å². The second-order valence-electron chi connectivity index (χ2n) is 8.37. The molecule has 1 aliphatic rings. The molecule has 4 rings (SSSR count). The van der Waals surface area contributed by atoms with Crippen molar-refractivity contribution in [2.75, 3.05) is 11.9 Å². The fraction of sp³-hybridized carbons (Fsp3) is 0.333. The van der Waals surface area contributed by atoms with Crippen molar-refractivity contribution in [1.29, 1.82) is 0 Å². The fourth-order valence-electron chi connectivity index (χ4n) is 4.03. The molecule has 9 nitrogen and oxygen atoms in total. The summed E-state index contributed by atoms with van der Waals surface area (Å²) in [6.07, 6.45) is 1.88. The van der Waals surface area contributed by atoms with Crippen LogP contribution in [0.15, 0.2) is 30.3 Å². The lowest BCUT2D eigenvalue weighted by molar-refractivity contribution is -0.116. The second-order valence-corrected chi connectivity index (χ2v) is 8.37. The number of carbonyl (C=O) groups excluding carboxylic acids is 2. The van der Waals surface area contributed by atoms with Gasteiger partial charge in [-0.05, 0) is 61.1 Å². The molecule has 0 unspecified atom stereocenters. The van der Waals surface area contributed by atoms with Crippen molar-refractivity contribution < 1.29 is 19.8 Å². The number of carbonyl (C=O) groups is 2. The zero-order valence-corrected chi connectivity index (χ0v) is 18.8. The molecule has 3 aromatic rings. The lowest BCUT2D eigenvalue weighted by atomic mass is 9.98. The molecule has 0 bridgehead atoms. The Bertz CT molecular complexity index is 1230. The van der Waals surface area contributed by atoms with Crippen LogP contribution in [-0.4, -0.2) is 43.3 Å². The van der Waals surface area contributed by atoms with Crippen LogP contribution in [0.4, 0.5) is 5.69 Å². The summed E-state index contributed by atoms with van der Waals surface area (Å²) in [5, 5.41) is 34.9. The maximum Gasteiger partial charge on any atom is 0.289 e. The van der Waals surface area contributed by atoms with E-state index in [-0.39, 0.29) is 35.0 Å². The average Bonchev–Trinajstić information content (AvgIpc) is 3.10. The van der Waals surface area contributed by atoms with Gasteiger partial charge in [-0.15, -0.1) is 10.2 Å². The van der Waals surface area contributed by atoms with Crippen LogP contribution in [0.1, 0.15) is 61.3 Å². The molecule has 0 radical (unpaired) electrons. The van der Waals surface area contributed by atoms with E-state index in [9.17, 15) is 19.8 Å². The summed E-state index contributed by atoms with van der Waals surface area (Å²) >= 11 is 0. The van der Waals surface area contributed by atoms with E-state index in [0.717, 1.165) is 17.7 Å². The summed E-state index contributed by atoms with van der Waals surface area (Å²) in [6.45, 7) is 6.09. The number of anilines is 1. The van der Waals surface area contributed by atoms with Gasteiger partial charge in [0.15, 0.2) is 5.82 Å². The first-order valence-electron chi connectivity index (χ1n) is 11.0. The molecular weight excluding hydrogens is 422 g/mol. The Labute approximate surface area is 191 Å². The van der Waals surface area contributed by atoms with Crippen molar-refractivity contribution in [3.63, 3.8) is 0 Å². The normalized spacial score (nSPS) is 13.4. The molecule has 4 N–H and O–H groups in total. The zero-order chi connectivity index (χ0) is 23.7. The van der Waals surface area contributed by atoms with Crippen LogP contribution >= 0.6 is 0 Å². The molecule has 2 amide bonds. The minimum Gasteiger partial charge on any atom is -0.508 e. The standard InChI is InChI=1S/C24H27N5O4/c1-4-25-24(33)23-28-27-22(17-11-16(13(2)3)19(30)12-20(17)31)29(23)15-8-9-18-14(10-15)6-5-7-21(32)26-18/h8-13,30-31H,4-7H2,1-3H3,(H,25,33)(H,26,32). The molecule has 1 aromatic heterocycles. The average molecular weight is 450 g/mol. The smallest absolute Gasteiger partial charge is 0.289 e. The van der Waals surface area contributed by atoms with Gasteiger partial charge in [0, 0.05) is 30.4 Å². The number of hydrogen-bond donors (Lipinski definition) is 4. The van der Waals surface area contributed by atoms with Gasteiger partial charge in [-0.25, -0.2) is 0 Å². The number of rotatable bonds is 5. The Morgan fingerprint density at radius 1 is 1.15 bits per heavy atom. The van der Waals surface area contributed by atoms with E-state index in [2.05, 4.69) is 20.8 Å². The van der Waals surface area contributed by atoms with Gasteiger partial charge in [0.05, 0.1) is 5.56 Å². The monoisotopic (exact) mass is 449 g/mol. The summed E-state index contributed by atoms with van der Waals surface area (Å²) in [6, 6.07) is 8.43. The van der Waals surface area contributed by atoms with E-state index in [1.54, 1.807) is 22.8 Å². The summed E-state index contributed by atoms with van der Waals surface area (Å²) in [7, 11) is 0. The van der Waals surface area contributed by atoms with Crippen molar-refractivity contribution in [2.24, 2.45) is 0 Å². The Kier molecular flexibility index (Phi) is 6.04. The summed E-state index contributed by atoms with van der Waals surface area (Å²) < 4.78 is 1.59. The zero-order valence-electron chi connectivity index (χ0n) is 18.8. The van der Waals surface area contributed by atoms with Gasteiger partial charge in [-0.3, -0.25) is 14.2 Å². The second kappa shape index (κ2) is 8.93. The summed E-state index contributed by atoms with van der Waals surface area (Å²) in [5.74, 6) is -0.264. The number of amides is 2. The first kappa shape index (κ1) is 22.3. The number of nitrogens with zero attached hydrogens (tertiary/aromatic N) is 3. The predicted molar refractivity (Wildman–Crippen MR) is 124 cm³/mol. The van der Waals surface area contributed by atoms with Crippen molar-refractivity contribution in [2.45, 2.75) is 46.0 Å². The van der Waals surface area contributed by atoms with Crippen molar-refractivity contribution in [3.8, 4) is 28.6 Å². The number of aryl methyl sites for hydroxylation is 1. The third-order valence-electron chi connectivity index (χ3n) is 5.68.